The molecular weight excluding hydrogens is 400 g/mol. The van der Waals surface area contributed by atoms with Crippen LogP contribution < -0.4 is 4.57 Å². The topological polar surface area (TPSA) is 8.81 Å². The molecule has 2 heterocycles. The summed E-state index contributed by atoms with van der Waals surface area (Å²) in [5.74, 6) is 2.86. The van der Waals surface area contributed by atoms with Crippen molar-refractivity contribution in [2.45, 2.75) is 77.2 Å². The Morgan fingerprint density at radius 2 is 1.36 bits per heavy atom. The summed E-state index contributed by atoms with van der Waals surface area (Å²) >= 11 is 0. The van der Waals surface area contributed by atoms with Gasteiger partial charge in [-0.05, 0) is 68.5 Å². The lowest BCUT2D eigenvalue weighted by molar-refractivity contribution is -0.756. The zero-order chi connectivity index (χ0) is 22.4. The van der Waals surface area contributed by atoms with Gasteiger partial charge in [0.25, 0.3) is 5.82 Å². The van der Waals surface area contributed by atoms with Gasteiger partial charge in [-0.15, -0.1) is 0 Å². The van der Waals surface area contributed by atoms with E-state index in [4.69, 9.17) is 0 Å². The smallest absolute Gasteiger partial charge is 0.213 e. The number of rotatable bonds is 4. The fraction of sp³-hybridized carbons (Fsp3) is 0.452. The number of aromatic nitrogens is 2. The Bertz CT molecular complexity index is 1170. The van der Waals surface area contributed by atoms with Crippen molar-refractivity contribution >= 4 is 6.08 Å². The van der Waals surface area contributed by atoms with Crippen molar-refractivity contribution in [3.05, 3.63) is 77.6 Å². The summed E-state index contributed by atoms with van der Waals surface area (Å²) in [6.07, 6.45) is 17.6. The fourth-order valence-corrected chi connectivity index (χ4v) is 7.40. The maximum Gasteiger partial charge on any atom is 0.295 e. The first kappa shape index (κ1) is 21.0. The third kappa shape index (κ3) is 3.17. The predicted octanol–water partition coefficient (Wildman–Crippen LogP) is 7.54. The van der Waals surface area contributed by atoms with E-state index in [1.807, 2.05) is 0 Å². The van der Waals surface area contributed by atoms with Gasteiger partial charge in [-0.2, -0.15) is 4.57 Å². The van der Waals surface area contributed by atoms with E-state index in [0.717, 1.165) is 11.8 Å². The van der Waals surface area contributed by atoms with Gasteiger partial charge in [-0.25, -0.2) is 4.57 Å². The number of imidazole rings is 1. The molecule has 0 bridgehead atoms. The number of hydrogen-bond acceptors (Lipinski definition) is 0. The summed E-state index contributed by atoms with van der Waals surface area (Å²) in [5.41, 5.74) is 6.89. The highest BCUT2D eigenvalue weighted by Gasteiger charge is 2.55. The van der Waals surface area contributed by atoms with E-state index >= 15 is 0 Å². The van der Waals surface area contributed by atoms with Gasteiger partial charge in [0.15, 0.2) is 11.4 Å². The molecule has 33 heavy (non-hydrogen) atoms. The molecule has 2 nitrogen and oxygen atoms in total. The SMILES string of the molecule is Cc1ccccc1-n1c(C)c2[n+](c1-c1ccccc1)C(C1CCCCC1)(C1CCCC1)C=C2. The first-order chi connectivity index (χ1) is 16.2. The zero-order valence-corrected chi connectivity index (χ0v) is 20.3. The van der Waals surface area contributed by atoms with Crippen molar-refractivity contribution in [1.82, 2.24) is 4.57 Å². The van der Waals surface area contributed by atoms with Crippen LogP contribution in [-0.2, 0) is 5.54 Å². The van der Waals surface area contributed by atoms with Crippen LogP contribution in [0.15, 0.2) is 60.7 Å². The van der Waals surface area contributed by atoms with Gasteiger partial charge in [0.1, 0.15) is 11.2 Å². The van der Waals surface area contributed by atoms with Crippen LogP contribution in [0.1, 0.15) is 74.7 Å². The highest BCUT2D eigenvalue weighted by atomic mass is 15.2. The summed E-state index contributed by atoms with van der Waals surface area (Å²) < 4.78 is 5.39. The van der Waals surface area contributed by atoms with Gasteiger partial charge in [-0.3, -0.25) is 0 Å². The van der Waals surface area contributed by atoms with Gasteiger partial charge in [0.05, 0.1) is 5.56 Å². The number of nitrogens with zero attached hydrogens (tertiary/aromatic N) is 2. The average Bonchev–Trinajstić information content (AvgIpc) is 3.58. The van der Waals surface area contributed by atoms with Gasteiger partial charge >= 0.3 is 0 Å². The molecule has 0 N–H and O–H groups in total. The third-order valence-electron chi connectivity index (χ3n) is 8.92. The van der Waals surface area contributed by atoms with Gasteiger partial charge in [0.2, 0.25) is 0 Å². The second-order valence-electron chi connectivity index (χ2n) is 10.7. The molecular formula is C31H37N2+. The summed E-state index contributed by atoms with van der Waals surface area (Å²) in [4.78, 5) is 0. The molecule has 3 aliphatic rings. The van der Waals surface area contributed by atoms with Crippen molar-refractivity contribution in [2.24, 2.45) is 11.8 Å². The lowest BCUT2D eigenvalue weighted by Crippen LogP contribution is -2.63. The minimum atomic E-state index is 0.121. The molecule has 2 aliphatic carbocycles. The minimum absolute atomic E-state index is 0.121. The maximum absolute atomic E-state index is 2.83. The molecule has 0 spiro atoms. The van der Waals surface area contributed by atoms with E-state index < -0.39 is 0 Å². The molecule has 2 fully saturated rings. The molecule has 0 radical (unpaired) electrons. The van der Waals surface area contributed by atoms with Crippen LogP contribution in [0.25, 0.3) is 23.2 Å². The van der Waals surface area contributed by atoms with Crippen LogP contribution >= 0.6 is 0 Å². The quantitative estimate of drug-likeness (QED) is 0.373. The standard InChI is InChI=1S/C31H37N2/c1-23-13-9-12-20-28(23)32-24(2)29-21-22-31(27-18-10-11-19-27,26-16-7-4-8-17-26)33(29)30(32)25-14-5-3-6-15-25/h3,5-6,9,12-15,20-22,26-27H,4,7-8,10-11,16-19H2,1-2H3/q+1. The number of benzene rings is 2. The number of fused-ring (bicyclic) bond motifs is 1. The normalized spacial score (nSPS) is 23.3. The highest BCUT2D eigenvalue weighted by Crippen LogP contribution is 2.50. The molecule has 3 aromatic rings. The molecule has 2 saturated carbocycles. The molecule has 1 unspecified atom stereocenters. The van der Waals surface area contributed by atoms with Gasteiger partial charge in [0, 0.05) is 18.8 Å². The highest BCUT2D eigenvalue weighted by molar-refractivity contribution is 5.63. The van der Waals surface area contributed by atoms with E-state index in [9.17, 15) is 0 Å². The lowest BCUT2D eigenvalue weighted by Gasteiger charge is -2.41. The maximum atomic E-state index is 2.83. The summed E-state index contributed by atoms with van der Waals surface area (Å²) in [5, 5.41) is 0. The van der Waals surface area contributed by atoms with E-state index in [0.29, 0.717) is 0 Å². The van der Waals surface area contributed by atoms with Crippen molar-refractivity contribution in [3.8, 4) is 17.1 Å². The van der Waals surface area contributed by atoms with Crippen LogP contribution in [0, 0.1) is 25.7 Å². The molecule has 170 valence electrons. The first-order valence-electron chi connectivity index (χ1n) is 13.2. The molecule has 2 aromatic carbocycles. The van der Waals surface area contributed by atoms with E-state index in [2.05, 4.69) is 89.7 Å². The molecule has 1 atom stereocenters. The van der Waals surface area contributed by atoms with Gasteiger partial charge in [-0.1, -0.05) is 68.5 Å². The Labute approximate surface area is 199 Å². The van der Waals surface area contributed by atoms with E-state index in [1.54, 1.807) is 0 Å². The van der Waals surface area contributed by atoms with E-state index in [-0.39, 0.29) is 5.54 Å². The van der Waals surface area contributed by atoms with Crippen molar-refractivity contribution in [2.75, 3.05) is 0 Å². The summed E-state index contributed by atoms with van der Waals surface area (Å²) in [6.45, 7) is 4.58. The van der Waals surface area contributed by atoms with Crippen molar-refractivity contribution in [3.63, 3.8) is 0 Å². The van der Waals surface area contributed by atoms with Crippen molar-refractivity contribution < 1.29 is 4.57 Å². The molecule has 2 heteroatoms. The Balaban J connectivity index is 1.67. The lowest BCUT2D eigenvalue weighted by atomic mass is 9.67. The molecule has 0 saturated heterocycles. The fourth-order valence-electron chi connectivity index (χ4n) is 7.40. The number of aryl methyl sites for hydroxylation is 1. The Kier molecular flexibility index (Phi) is 5.28. The zero-order valence-electron chi connectivity index (χ0n) is 20.3. The summed E-state index contributed by atoms with van der Waals surface area (Å²) in [6, 6.07) is 20.1. The third-order valence-corrected chi connectivity index (χ3v) is 8.92. The van der Waals surface area contributed by atoms with Crippen LogP contribution in [-0.4, -0.2) is 4.57 Å². The van der Waals surface area contributed by atoms with Crippen LogP contribution in [0.2, 0.25) is 0 Å². The molecule has 6 rings (SSSR count). The van der Waals surface area contributed by atoms with Crippen molar-refractivity contribution in [1.29, 1.82) is 0 Å². The first-order valence-corrected chi connectivity index (χ1v) is 13.2. The Hall–Kier alpha value is -2.61. The largest absolute Gasteiger partial charge is 0.295 e. The van der Waals surface area contributed by atoms with Gasteiger partial charge < -0.3 is 0 Å². The average molecular weight is 438 g/mol. The molecule has 1 aliphatic heterocycles. The Morgan fingerprint density at radius 1 is 0.758 bits per heavy atom. The number of hydrogen-bond donors (Lipinski definition) is 0. The number of allylic oxidation sites excluding steroid dienone is 1. The predicted molar refractivity (Wildman–Crippen MR) is 136 cm³/mol. The molecule has 0 amide bonds. The van der Waals surface area contributed by atoms with E-state index in [1.165, 1.54) is 91.8 Å². The Morgan fingerprint density at radius 3 is 2.03 bits per heavy atom. The summed E-state index contributed by atoms with van der Waals surface area (Å²) in [7, 11) is 0. The van der Waals surface area contributed by atoms with Crippen LogP contribution in [0.5, 0.6) is 0 Å². The second kappa shape index (κ2) is 8.31. The minimum Gasteiger partial charge on any atom is -0.213 e. The monoisotopic (exact) mass is 437 g/mol. The second-order valence-corrected chi connectivity index (χ2v) is 10.7. The molecule has 1 aromatic heterocycles. The van der Waals surface area contributed by atoms with Crippen LogP contribution in [0.3, 0.4) is 0 Å². The van der Waals surface area contributed by atoms with Crippen LogP contribution in [0.4, 0.5) is 0 Å². The number of para-hydroxylation sites is 1.